The summed E-state index contributed by atoms with van der Waals surface area (Å²) in [5.41, 5.74) is 3.46. The maximum absolute atomic E-state index is 11.3. The Labute approximate surface area is 123 Å². The molecule has 0 spiro atoms. The van der Waals surface area contributed by atoms with E-state index < -0.39 is 0 Å². The number of hydrazine groups is 1. The van der Waals surface area contributed by atoms with Crippen LogP contribution in [0.25, 0.3) is 0 Å². The van der Waals surface area contributed by atoms with E-state index in [0.29, 0.717) is 13.3 Å². The average Bonchev–Trinajstić information content (AvgIpc) is 2.96. The standard InChI is InChI=1S/C14H20N4O3/c15-16-14(19)9-18-5-3-17(4-6-18)8-11-1-2-12-13(7-11)21-10-20-12/h1-2,7H,3-6,8-10,15H2,(H,16,19)/p+2. The number of quaternary nitrogens is 2. The first-order valence-electron chi connectivity index (χ1n) is 7.29. The first-order valence-corrected chi connectivity index (χ1v) is 7.29. The summed E-state index contributed by atoms with van der Waals surface area (Å²) < 4.78 is 10.7. The molecular formula is C14H22N4O3+2. The number of fused-ring (bicyclic) bond motifs is 1. The van der Waals surface area contributed by atoms with Crippen LogP contribution in [0, 0.1) is 0 Å². The Balaban J connectivity index is 1.50. The number of hydrogen-bond donors (Lipinski definition) is 4. The number of nitrogens with two attached hydrogens (primary N) is 1. The minimum atomic E-state index is -0.0933. The third-order valence-corrected chi connectivity index (χ3v) is 4.13. The van der Waals surface area contributed by atoms with Gasteiger partial charge in [-0.1, -0.05) is 0 Å². The highest BCUT2D eigenvalue weighted by Gasteiger charge is 2.25. The third-order valence-electron chi connectivity index (χ3n) is 4.13. The summed E-state index contributed by atoms with van der Waals surface area (Å²) >= 11 is 0. The molecule has 0 bridgehead atoms. The van der Waals surface area contributed by atoms with E-state index in [1.165, 1.54) is 15.4 Å². The molecule has 21 heavy (non-hydrogen) atoms. The fourth-order valence-corrected chi connectivity index (χ4v) is 2.93. The largest absolute Gasteiger partial charge is 0.454 e. The van der Waals surface area contributed by atoms with Crippen LogP contribution >= 0.6 is 0 Å². The number of carbonyl (C=O) groups excluding carboxylic acids is 1. The van der Waals surface area contributed by atoms with Crippen LogP contribution in [0.4, 0.5) is 0 Å². The second kappa shape index (κ2) is 6.30. The molecule has 2 heterocycles. The Bertz CT molecular complexity index is 515. The van der Waals surface area contributed by atoms with Crippen molar-refractivity contribution >= 4 is 5.91 Å². The van der Waals surface area contributed by atoms with Crippen molar-refractivity contribution in [3.05, 3.63) is 23.8 Å². The van der Waals surface area contributed by atoms with Gasteiger partial charge in [0.1, 0.15) is 32.7 Å². The number of nitrogens with one attached hydrogen (secondary N) is 3. The molecule has 2 aliphatic rings. The number of ether oxygens (including phenoxy) is 2. The fraction of sp³-hybridized carbons (Fsp3) is 0.500. The Morgan fingerprint density at radius 1 is 1.14 bits per heavy atom. The first kappa shape index (κ1) is 14.1. The van der Waals surface area contributed by atoms with E-state index in [0.717, 1.165) is 44.2 Å². The summed E-state index contributed by atoms with van der Waals surface area (Å²) in [4.78, 5) is 14.1. The number of benzene rings is 1. The number of amides is 1. The number of carbonyl (C=O) groups is 1. The van der Waals surface area contributed by atoms with Crippen molar-refractivity contribution in [1.29, 1.82) is 0 Å². The fourth-order valence-electron chi connectivity index (χ4n) is 2.93. The van der Waals surface area contributed by atoms with Crippen LogP contribution < -0.4 is 30.5 Å². The monoisotopic (exact) mass is 294 g/mol. The molecule has 0 unspecified atom stereocenters. The molecule has 0 atom stereocenters. The van der Waals surface area contributed by atoms with Gasteiger partial charge in [0.15, 0.2) is 18.0 Å². The minimum Gasteiger partial charge on any atom is -0.454 e. The average molecular weight is 294 g/mol. The van der Waals surface area contributed by atoms with E-state index in [1.54, 1.807) is 0 Å². The SMILES string of the molecule is NNC(=O)C[NH+]1CC[NH+](Cc2ccc3c(c2)OCO3)CC1. The second-order valence-electron chi connectivity index (χ2n) is 5.61. The number of piperazine rings is 1. The lowest BCUT2D eigenvalue weighted by molar-refractivity contribution is -1.02. The predicted octanol–water partition coefficient (Wildman–Crippen LogP) is -3.31. The van der Waals surface area contributed by atoms with Crippen LogP contribution in [-0.4, -0.2) is 45.4 Å². The second-order valence-corrected chi connectivity index (χ2v) is 5.61. The Morgan fingerprint density at radius 3 is 2.62 bits per heavy atom. The lowest BCUT2D eigenvalue weighted by Crippen LogP contribution is -3.28. The molecule has 7 nitrogen and oxygen atoms in total. The van der Waals surface area contributed by atoms with Crippen molar-refractivity contribution < 1.29 is 24.1 Å². The van der Waals surface area contributed by atoms with Gasteiger partial charge in [0.2, 0.25) is 6.79 Å². The molecule has 0 aromatic heterocycles. The molecule has 1 saturated heterocycles. The van der Waals surface area contributed by atoms with Gasteiger partial charge in [0.25, 0.3) is 5.91 Å². The quantitative estimate of drug-likeness (QED) is 0.266. The van der Waals surface area contributed by atoms with Crippen LogP contribution in [0.15, 0.2) is 18.2 Å². The van der Waals surface area contributed by atoms with Gasteiger partial charge in [-0.2, -0.15) is 0 Å². The summed E-state index contributed by atoms with van der Waals surface area (Å²) in [6.45, 7) is 5.86. The molecule has 0 aliphatic carbocycles. The Hall–Kier alpha value is -1.83. The number of hydrogen-bond acceptors (Lipinski definition) is 4. The number of rotatable bonds is 4. The molecule has 1 aromatic carbocycles. The first-order chi connectivity index (χ1) is 10.2. The Kier molecular flexibility index (Phi) is 4.23. The highest BCUT2D eigenvalue weighted by Crippen LogP contribution is 2.32. The minimum absolute atomic E-state index is 0.0933. The topological polar surface area (TPSA) is 82.5 Å². The van der Waals surface area contributed by atoms with Crippen LogP contribution in [-0.2, 0) is 11.3 Å². The van der Waals surface area contributed by atoms with E-state index in [2.05, 4.69) is 17.6 Å². The zero-order chi connectivity index (χ0) is 14.7. The summed E-state index contributed by atoms with van der Waals surface area (Å²) in [5.74, 6) is 6.70. The molecule has 5 N–H and O–H groups in total. The Morgan fingerprint density at radius 2 is 1.86 bits per heavy atom. The van der Waals surface area contributed by atoms with Gasteiger partial charge in [0, 0.05) is 5.56 Å². The molecule has 2 aliphatic heterocycles. The highest BCUT2D eigenvalue weighted by molar-refractivity contribution is 5.76. The summed E-state index contributed by atoms with van der Waals surface area (Å²) in [6, 6.07) is 6.14. The summed E-state index contributed by atoms with van der Waals surface area (Å²) in [7, 11) is 0. The van der Waals surface area contributed by atoms with Crippen molar-refractivity contribution in [2.24, 2.45) is 5.84 Å². The molecule has 1 fully saturated rings. The molecule has 1 aromatic rings. The van der Waals surface area contributed by atoms with Gasteiger partial charge in [0.05, 0.1) is 0 Å². The van der Waals surface area contributed by atoms with E-state index in [-0.39, 0.29) is 5.91 Å². The van der Waals surface area contributed by atoms with Crippen molar-refractivity contribution in [2.75, 3.05) is 39.5 Å². The molecular weight excluding hydrogens is 272 g/mol. The van der Waals surface area contributed by atoms with Crippen molar-refractivity contribution in [1.82, 2.24) is 5.43 Å². The smallest absolute Gasteiger partial charge is 0.289 e. The zero-order valence-corrected chi connectivity index (χ0v) is 12.0. The van der Waals surface area contributed by atoms with Gasteiger partial charge >= 0.3 is 0 Å². The van der Waals surface area contributed by atoms with E-state index >= 15 is 0 Å². The van der Waals surface area contributed by atoms with E-state index in [4.69, 9.17) is 15.3 Å². The van der Waals surface area contributed by atoms with Crippen LogP contribution in [0.3, 0.4) is 0 Å². The summed E-state index contributed by atoms with van der Waals surface area (Å²) in [5, 5.41) is 0. The lowest BCUT2D eigenvalue weighted by Gasteiger charge is -2.29. The molecule has 7 heteroatoms. The van der Waals surface area contributed by atoms with Gasteiger partial charge < -0.3 is 19.3 Å². The van der Waals surface area contributed by atoms with Gasteiger partial charge in [-0.15, -0.1) is 0 Å². The highest BCUT2D eigenvalue weighted by atomic mass is 16.7. The van der Waals surface area contributed by atoms with Crippen LogP contribution in [0.2, 0.25) is 0 Å². The summed E-state index contributed by atoms with van der Waals surface area (Å²) in [6.07, 6.45) is 0. The van der Waals surface area contributed by atoms with Gasteiger partial charge in [-0.05, 0) is 18.2 Å². The molecule has 3 rings (SSSR count). The van der Waals surface area contributed by atoms with Crippen molar-refractivity contribution in [3.63, 3.8) is 0 Å². The predicted molar refractivity (Wildman–Crippen MR) is 74.9 cm³/mol. The van der Waals surface area contributed by atoms with Gasteiger partial charge in [-0.25, -0.2) is 5.84 Å². The maximum atomic E-state index is 11.3. The molecule has 114 valence electrons. The maximum Gasteiger partial charge on any atom is 0.289 e. The van der Waals surface area contributed by atoms with Crippen molar-refractivity contribution in [2.45, 2.75) is 6.54 Å². The van der Waals surface area contributed by atoms with E-state index in [9.17, 15) is 4.79 Å². The van der Waals surface area contributed by atoms with Crippen LogP contribution in [0.5, 0.6) is 11.5 Å². The van der Waals surface area contributed by atoms with E-state index in [1.807, 2.05) is 6.07 Å². The van der Waals surface area contributed by atoms with Crippen molar-refractivity contribution in [3.8, 4) is 11.5 Å². The third kappa shape index (κ3) is 3.44. The zero-order valence-electron chi connectivity index (χ0n) is 12.0. The molecule has 0 saturated carbocycles. The lowest BCUT2D eigenvalue weighted by atomic mass is 10.1. The van der Waals surface area contributed by atoms with Gasteiger partial charge in [-0.3, -0.25) is 10.2 Å². The normalized spacial score (nSPS) is 23.9. The van der Waals surface area contributed by atoms with Crippen LogP contribution in [0.1, 0.15) is 5.56 Å². The molecule has 1 amide bonds. The molecule has 0 radical (unpaired) electrons.